The predicted octanol–water partition coefficient (Wildman–Crippen LogP) is 1.35. The van der Waals surface area contributed by atoms with Crippen molar-refractivity contribution in [3.63, 3.8) is 0 Å². The van der Waals surface area contributed by atoms with E-state index in [2.05, 4.69) is 34.4 Å². The van der Waals surface area contributed by atoms with Crippen LogP contribution in [0.4, 0.5) is 5.82 Å². The summed E-state index contributed by atoms with van der Waals surface area (Å²) in [5.74, 6) is 0.726. The SMILES string of the molecule is CC(C)Nc1ccc(C(=O)NCCCN2CCOCC2)cn1. The van der Waals surface area contributed by atoms with Crippen molar-refractivity contribution in [1.29, 1.82) is 0 Å². The molecule has 1 saturated heterocycles. The minimum atomic E-state index is -0.0643. The fourth-order valence-electron chi connectivity index (χ4n) is 2.34. The molecular weight excluding hydrogens is 280 g/mol. The minimum absolute atomic E-state index is 0.0643. The zero-order chi connectivity index (χ0) is 15.8. The molecule has 0 spiro atoms. The van der Waals surface area contributed by atoms with E-state index in [0.29, 0.717) is 18.2 Å². The Morgan fingerprint density at radius 1 is 1.36 bits per heavy atom. The highest BCUT2D eigenvalue weighted by molar-refractivity contribution is 5.94. The number of nitrogens with zero attached hydrogens (tertiary/aromatic N) is 2. The van der Waals surface area contributed by atoms with Crippen molar-refractivity contribution in [3.05, 3.63) is 23.9 Å². The van der Waals surface area contributed by atoms with Gasteiger partial charge in [-0.15, -0.1) is 0 Å². The average Bonchev–Trinajstić information content (AvgIpc) is 2.52. The zero-order valence-electron chi connectivity index (χ0n) is 13.5. The van der Waals surface area contributed by atoms with Gasteiger partial charge in [-0.3, -0.25) is 9.69 Å². The maximum atomic E-state index is 12.0. The van der Waals surface area contributed by atoms with Crippen LogP contribution in [0.15, 0.2) is 18.3 Å². The quantitative estimate of drug-likeness (QED) is 0.745. The lowest BCUT2D eigenvalue weighted by Gasteiger charge is -2.26. The van der Waals surface area contributed by atoms with Crippen LogP contribution in [0.25, 0.3) is 0 Å². The molecule has 1 fully saturated rings. The highest BCUT2D eigenvalue weighted by Crippen LogP contribution is 2.06. The summed E-state index contributed by atoms with van der Waals surface area (Å²) in [6.07, 6.45) is 2.56. The van der Waals surface area contributed by atoms with Crippen LogP contribution in [0.2, 0.25) is 0 Å². The van der Waals surface area contributed by atoms with Crippen LogP contribution in [0, 0.1) is 0 Å². The molecule has 2 N–H and O–H groups in total. The minimum Gasteiger partial charge on any atom is -0.379 e. The predicted molar refractivity (Wildman–Crippen MR) is 87.2 cm³/mol. The van der Waals surface area contributed by atoms with E-state index >= 15 is 0 Å². The summed E-state index contributed by atoms with van der Waals surface area (Å²) in [5, 5.41) is 6.14. The molecule has 0 aromatic carbocycles. The molecule has 0 unspecified atom stereocenters. The van der Waals surface area contributed by atoms with Gasteiger partial charge in [0.2, 0.25) is 0 Å². The van der Waals surface area contributed by atoms with Crippen molar-refractivity contribution in [1.82, 2.24) is 15.2 Å². The van der Waals surface area contributed by atoms with Crippen molar-refractivity contribution >= 4 is 11.7 Å². The fourth-order valence-corrected chi connectivity index (χ4v) is 2.34. The molecule has 1 aliphatic heterocycles. The number of carbonyl (C=O) groups is 1. The lowest BCUT2D eigenvalue weighted by Crippen LogP contribution is -2.38. The van der Waals surface area contributed by atoms with Crippen LogP contribution >= 0.6 is 0 Å². The molecule has 122 valence electrons. The second-order valence-electron chi connectivity index (χ2n) is 5.79. The van der Waals surface area contributed by atoms with E-state index in [1.807, 2.05) is 6.07 Å². The highest BCUT2D eigenvalue weighted by Gasteiger charge is 2.10. The molecule has 0 aliphatic carbocycles. The molecule has 0 atom stereocenters. The van der Waals surface area contributed by atoms with Crippen LogP contribution in [0.5, 0.6) is 0 Å². The van der Waals surface area contributed by atoms with Gasteiger partial charge in [0.25, 0.3) is 5.91 Å². The van der Waals surface area contributed by atoms with Gasteiger partial charge in [0.05, 0.1) is 18.8 Å². The first-order chi connectivity index (χ1) is 10.6. The molecule has 1 amide bonds. The maximum absolute atomic E-state index is 12.0. The van der Waals surface area contributed by atoms with E-state index in [-0.39, 0.29) is 5.91 Å². The van der Waals surface area contributed by atoms with Crippen LogP contribution in [0.1, 0.15) is 30.6 Å². The van der Waals surface area contributed by atoms with Gasteiger partial charge in [-0.25, -0.2) is 4.98 Å². The number of morpholine rings is 1. The molecule has 1 aliphatic rings. The Labute approximate surface area is 132 Å². The number of aromatic nitrogens is 1. The van der Waals surface area contributed by atoms with Crippen LogP contribution in [0.3, 0.4) is 0 Å². The van der Waals surface area contributed by atoms with Gasteiger partial charge in [-0.2, -0.15) is 0 Å². The van der Waals surface area contributed by atoms with Gasteiger partial charge in [-0.1, -0.05) is 0 Å². The normalized spacial score (nSPS) is 15.8. The zero-order valence-corrected chi connectivity index (χ0v) is 13.5. The molecule has 1 aromatic heterocycles. The maximum Gasteiger partial charge on any atom is 0.252 e. The molecule has 2 heterocycles. The van der Waals surface area contributed by atoms with Gasteiger partial charge in [0.15, 0.2) is 0 Å². The summed E-state index contributed by atoms with van der Waals surface area (Å²) in [6.45, 7) is 9.39. The smallest absolute Gasteiger partial charge is 0.252 e. The van der Waals surface area contributed by atoms with E-state index in [1.54, 1.807) is 12.3 Å². The van der Waals surface area contributed by atoms with Gasteiger partial charge in [-0.05, 0) is 38.9 Å². The molecular formula is C16H26N4O2. The third kappa shape index (κ3) is 5.61. The summed E-state index contributed by atoms with van der Waals surface area (Å²) in [7, 11) is 0. The summed E-state index contributed by atoms with van der Waals surface area (Å²) in [5.41, 5.74) is 0.598. The first-order valence-corrected chi connectivity index (χ1v) is 7.96. The second kappa shape index (κ2) is 8.70. The Morgan fingerprint density at radius 3 is 2.77 bits per heavy atom. The van der Waals surface area contributed by atoms with Crippen LogP contribution in [-0.4, -0.2) is 61.2 Å². The number of pyridine rings is 1. The Morgan fingerprint density at radius 2 is 2.14 bits per heavy atom. The summed E-state index contributed by atoms with van der Waals surface area (Å²) >= 11 is 0. The Hall–Kier alpha value is -1.66. The Balaban J connectivity index is 1.68. The van der Waals surface area contributed by atoms with Crippen molar-refractivity contribution in [3.8, 4) is 0 Å². The number of ether oxygens (including phenoxy) is 1. The van der Waals surface area contributed by atoms with E-state index in [4.69, 9.17) is 4.74 Å². The summed E-state index contributed by atoms with van der Waals surface area (Å²) in [6, 6.07) is 3.96. The number of nitrogens with one attached hydrogen (secondary N) is 2. The average molecular weight is 306 g/mol. The number of hydrogen-bond acceptors (Lipinski definition) is 5. The second-order valence-corrected chi connectivity index (χ2v) is 5.79. The van der Waals surface area contributed by atoms with Crippen LogP contribution in [-0.2, 0) is 4.74 Å². The van der Waals surface area contributed by atoms with Crippen molar-refractivity contribution in [2.75, 3.05) is 44.7 Å². The highest BCUT2D eigenvalue weighted by atomic mass is 16.5. The number of rotatable bonds is 7. The first-order valence-electron chi connectivity index (χ1n) is 7.96. The monoisotopic (exact) mass is 306 g/mol. The molecule has 0 bridgehead atoms. The Kier molecular flexibility index (Phi) is 6.61. The Bertz CT molecular complexity index is 456. The third-order valence-corrected chi connectivity index (χ3v) is 3.50. The van der Waals surface area contributed by atoms with Gasteiger partial charge >= 0.3 is 0 Å². The molecule has 0 radical (unpaired) electrons. The fraction of sp³-hybridized carbons (Fsp3) is 0.625. The molecule has 2 rings (SSSR count). The lowest BCUT2D eigenvalue weighted by molar-refractivity contribution is 0.0374. The first kappa shape index (κ1) is 16.7. The summed E-state index contributed by atoms with van der Waals surface area (Å²) in [4.78, 5) is 18.6. The third-order valence-electron chi connectivity index (χ3n) is 3.50. The van der Waals surface area contributed by atoms with Gasteiger partial charge in [0.1, 0.15) is 5.82 Å². The summed E-state index contributed by atoms with van der Waals surface area (Å²) < 4.78 is 5.31. The number of amides is 1. The lowest BCUT2D eigenvalue weighted by atomic mass is 10.2. The van der Waals surface area contributed by atoms with E-state index < -0.39 is 0 Å². The van der Waals surface area contributed by atoms with Gasteiger partial charge < -0.3 is 15.4 Å². The number of carbonyl (C=O) groups excluding carboxylic acids is 1. The largest absolute Gasteiger partial charge is 0.379 e. The van der Waals surface area contributed by atoms with Gasteiger partial charge in [0, 0.05) is 31.9 Å². The topological polar surface area (TPSA) is 66.5 Å². The van der Waals surface area contributed by atoms with E-state index in [9.17, 15) is 4.79 Å². The molecule has 6 nitrogen and oxygen atoms in total. The molecule has 0 saturated carbocycles. The number of anilines is 1. The molecule has 6 heteroatoms. The molecule has 22 heavy (non-hydrogen) atoms. The standard InChI is InChI=1S/C16H26N4O2/c1-13(2)19-15-5-4-14(12-18-15)16(21)17-6-3-7-20-8-10-22-11-9-20/h4-5,12-13H,3,6-11H2,1-2H3,(H,17,21)(H,18,19). The molecule has 1 aromatic rings. The van der Waals surface area contributed by atoms with E-state index in [1.165, 1.54) is 0 Å². The van der Waals surface area contributed by atoms with Crippen LogP contribution < -0.4 is 10.6 Å². The number of hydrogen-bond donors (Lipinski definition) is 2. The van der Waals surface area contributed by atoms with Crippen molar-refractivity contribution in [2.45, 2.75) is 26.3 Å². The van der Waals surface area contributed by atoms with E-state index in [0.717, 1.165) is 45.1 Å². The van der Waals surface area contributed by atoms with Crippen molar-refractivity contribution in [2.24, 2.45) is 0 Å². The van der Waals surface area contributed by atoms with Crippen molar-refractivity contribution < 1.29 is 9.53 Å².